The standard InChI is InChI=1S/C12H16N2S/c1-2-15-8-10-7-14-12-5-9(6-13)3-4-11(10)12/h3-5,7,14H,2,6,8,13H2,1H3. The molecular weight excluding hydrogens is 204 g/mol. The van der Waals surface area contributed by atoms with Crippen LogP contribution in [0.25, 0.3) is 10.9 Å². The van der Waals surface area contributed by atoms with Crippen LogP contribution >= 0.6 is 11.8 Å². The molecule has 2 rings (SSSR count). The van der Waals surface area contributed by atoms with Crippen LogP contribution < -0.4 is 5.73 Å². The fourth-order valence-corrected chi connectivity index (χ4v) is 2.35. The van der Waals surface area contributed by atoms with E-state index in [9.17, 15) is 0 Å². The third-order valence-electron chi connectivity index (χ3n) is 2.53. The molecule has 15 heavy (non-hydrogen) atoms. The van der Waals surface area contributed by atoms with Crippen LogP contribution in [0.1, 0.15) is 18.1 Å². The number of nitrogens with one attached hydrogen (secondary N) is 1. The van der Waals surface area contributed by atoms with Gasteiger partial charge in [-0.25, -0.2) is 0 Å². The summed E-state index contributed by atoms with van der Waals surface area (Å²) in [6.45, 7) is 2.79. The lowest BCUT2D eigenvalue weighted by Gasteiger charge is -1.99. The summed E-state index contributed by atoms with van der Waals surface area (Å²) in [4.78, 5) is 3.30. The fraction of sp³-hybridized carbons (Fsp3) is 0.333. The van der Waals surface area contributed by atoms with E-state index in [4.69, 9.17) is 5.73 Å². The summed E-state index contributed by atoms with van der Waals surface area (Å²) < 4.78 is 0. The first kappa shape index (κ1) is 10.6. The van der Waals surface area contributed by atoms with E-state index < -0.39 is 0 Å². The summed E-state index contributed by atoms with van der Waals surface area (Å²) in [6.07, 6.45) is 2.10. The number of thioether (sulfide) groups is 1. The van der Waals surface area contributed by atoms with E-state index in [0.29, 0.717) is 6.54 Å². The first-order valence-corrected chi connectivity index (χ1v) is 6.37. The molecule has 2 nitrogen and oxygen atoms in total. The molecular formula is C12H16N2S. The summed E-state index contributed by atoms with van der Waals surface area (Å²) in [7, 11) is 0. The van der Waals surface area contributed by atoms with Gasteiger partial charge in [0.2, 0.25) is 0 Å². The number of hydrogen-bond donors (Lipinski definition) is 2. The Kier molecular flexibility index (Phi) is 3.34. The van der Waals surface area contributed by atoms with Crippen molar-refractivity contribution in [3.63, 3.8) is 0 Å². The second kappa shape index (κ2) is 4.73. The summed E-state index contributed by atoms with van der Waals surface area (Å²) in [5.74, 6) is 2.24. The highest BCUT2D eigenvalue weighted by Gasteiger charge is 2.03. The van der Waals surface area contributed by atoms with Gasteiger partial charge in [-0.15, -0.1) is 0 Å². The summed E-state index contributed by atoms with van der Waals surface area (Å²) >= 11 is 1.95. The molecule has 3 N–H and O–H groups in total. The number of aromatic amines is 1. The Bertz CT molecular complexity index is 448. The topological polar surface area (TPSA) is 41.8 Å². The van der Waals surface area contributed by atoms with Crippen molar-refractivity contribution in [3.05, 3.63) is 35.5 Å². The van der Waals surface area contributed by atoms with Gasteiger partial charge in [-0.2, -0.15) is 11.8 Å². The van der Waals surface area contributed by atoms with E-state index in [1.54, 1.807) is 0 Å². The molecule has 80 valence electrons. The van der Waals surface area contributed by atoms with Gasteiger partial charge in [-0.1, -0.05) is 19.1 Å². The van der Waals surface area contributed by atoms with Crippen LogP contribution in [0.15, 0.2) is 24.4 Å². The molecule has 1 aromatic heterocycles. The zero-order chi connectivity index (χ0) is 10.7. The lowest BCUT2D eigenvalue weighted by atomic mass is 10.1. The fourth-order valence-electron chi connectivity index (χ4n) is 1.69. The van der Waals surface area contributed by atoms with Gasteiger partial charge in [-0.05, 0) is 22.9 Å². The predicted octanol–water partition coefficient (Wildman–Crippen LogP) is 2.88. The monoisotopic (exact) mass is 220 g/mol. The normalized spacial score (nSPS) is 11.1. The second-order valence-corrected chi connectivity index (χ2v) is 4.81. The molecule has 0 aliphatic heterocycles. The van der Waals surface area contributed by atoms with E-state index in [-0.39, 0.29) is 0 Å². The van der Waals surface area contributed by atoms with Crippen LogP contribution in [-0.4, -0.2) is 10.7 Å². The largest absolute Gasteiger partial charge is 0.361 e. The first-order chi connectivity index (χ1) is 7.35. The Hall–Kier alpha value is -0.930. The molecule has 0 saturated heterocycles. The van der Waals surface area contributed by atoms with E-state index in [1.165, 1.54) is 22.0 Å². The van der Waals surface area contributed by atoms with Gasteiger partial charge in [0.1, 0.15) is 0 Å². The van der Waals surface area contributed by atoms with E-state index in [1.807, 2.05) is 11.8 Å². The molecule has 1 aromatic carbocycles. The summed E-state index contributed by atoms with van der Waals surface area (Å²) in [6, 6.07) is 6.41. The molecule has 0 radical (unpaired) electrons. The van der Waals surface area contributed by atoms with Crippen LogP contribution in [0.4, 0.5) is 0 Å². The smallest absolute Gasteiger partial charge is 0.0460 e. The van der Waals surface area contributed by atoms with Crippen LogP contribution in [0.3, 0.4) is 0 Å². The number of fused-ring (bicyclic) bond motifs is 1. The van der Waals surface area contributed by atoms with Gasteiger partial charge in [0, 0.05) is 29.4 Å². The first-order valence-electron chi connectivity index (χ1n) is 5.22. The maximum absolute atomic E-state index is 5.61. The summed E-state index contributed by atoms with van der Waals surface area (Å²) in [5, 5.41) is 1.33. The SMILES string of the molecule is CCSCc1c[nH]c2cc(CN)ccc12. The van der Waals surface area contributed by atoms with E-state index in [2.05, 4.69) is 36.3 Å². The Morgan fingerprint density at radius 1 is 1.40 bits per heavy atom. The Labute approximate surface area is 94.2 Å². The van der Waals surface area contributed by atoms with Gasteiger partial charge >= 0.3 is 0 Å². The highest BCUT2D eigenvalue weighted by molar-refractivity contribution is 7.98. The molecule has 0 saturated carbocycles. The van der Waals surface area contributed by atoms with Crippen molar-refractivity contribution in [1.82, 2.24) is 4.98 Å². The van der Waals surface area contributed by atoms with E-state index in [0.717, 1.165) is 11.5 Å². The van der Waals surface area contributed by atoms with Gasteiger partial charge in [0.25, 0.3) is 0 Å². The van der Waals surface area contributed by atoms with Crippen LogP contribution in [-0.2, 0) is 12.3 Å². The molecule has 3 heteroatoms. The summed E-state index contributed by atoms with van der Waals surface area (Å²) in [5.41, 5.74) is 9.38. The van der Waals surface area contributed by atoms with Gasteiger partial charge in [0.15, 0.2) is 0 Å². The molecule has 0 aliphatic rings. The average Bonchev–Trinajstić information content (AvgIpc) is 2.68. The van der Waals surface area contributed by atoms with Crippen molar-refractivity contribution in [1.29, 1.82) is 0 Å². The molecule has 0 bridgehead atoms. The maximum Gasteiger partial charge on any atom is 0.0460 e. The molecule has 0 fully saturated rings. The minimum atomic E-state index is 0.605. The molecule has 2 aromatic rings. The Morgan fingerprint density at radius 2 is 2.27 bits per heavy atom. The van der Waals surface area contributed by atoms with Crippen LogP contribution in [0.2, 0.25) is 0 Å². The second-order valence-electron chi connectivity index (χ2n) is 3.54. The minimum Gasteiger partial charge on any atom is -0.361 e. The van der Waals surface area contributed by atoms with Crippen molar-refractivity contribution >= 4 is 22.7 Å². The highest BCUT2D eigenvalue weighted by Crippen LogP contribution is 2.23. The molecule has 1 heterocycles. The van der Waals surface area contributed by atoms with Crippen molar-refractivity contribution in [2.24, 2.45) is 5.73 Å². The van der Waals surface area contributed by atoms with Crippen molar-refractivity contribution in [3.8, 4) is 0 Å². The molecule has 0 amide bonds. The number of aromatic nitrogens is 1. The van der Waals surface area contributed by atoms with Crippen LogP contribution in [0.5, 0.6) is 0 Å². The van der Waals surface area contributed by atoms with Crippen molar-refractivity contribution in [2.45, 2.75) is 19.2 Å². The van der Waals surface area contributed by atoms with Gasteiger partial charge in [0.05, 0.1) is 0 Å². The number of hydrogen-bond acceptors (Lipinski definition) is 2. The van der Waals surface area contributed by atoms with Gasteiger partial charge < -0.3 is 10.7 Å². The lowest BCUT2D eigenvalue weighted by molar-refractivity contribution is 1.07. The Morgan fingerprint density at radius 3 is 3.00 bits per heavy atom. The molecule has 0 atom stereocenters. The number of rotatable bonds is 4. The lowest BCUT2D eigenvalue weighted by Crippen LogP contribution is -1.95. The van der Waals surface area contributed by atoms with Crippen molar-refractivity contribution < 1.29 is 0 Å². The quantitative estimate of drug-likeness (QED) is 0.832. The van der Waals surface area contributed by atoms with Crippen molar-refractivity contribution in [2.75, 3.05) is 5.75 Å². The average molecular weight is 220 g/mol. The Balaban J connectivity index is 2.34. The van der Waals surface area contributed by atoms with Gasteiger partial charge in [-0.3, -0.25) is 0 Å². The zero-order valence-corrected chi connectivity index (χ0v) is 9.73. The third kappa shape index (κ3) is 2.19. The molecule has 0 unspecified atom stereocenters. The van der Waals surface area contributed by atoms with E-state index >= 15 is 0 Å². The number of nitrogens with two attached hydrogens (primary N) is 1. The third-order valence-corrected chi connectivity index (χ3v) is 3.45. The number of H-pyrrole nitrogens is 1. The predicted molar refractivity (Wildman–Crippen MR) is 68.0 cm³/mol. The zero-order valence-electron chi connectivity index (χ0n) is 8.92. The van der Waals surface area contributed by atoms with Crippen LogP contribution in [0, 0.1) is 0 Å². The molecule has 0 spiro atoms. The number of benzene rings is 1. The minimum absolute atomic E-state index is 0.605. The highest BCUT2D eigenvalue weighted by atomic mass is 32.2. The molecule has 0 aliphatic carbocycles. The maximum atomic E-state index is 5.61.